The van der Waals surface area contributed by atoms with Crippen LogP contribution in [0, 0.1) is 0 Å². The lowest BCUT2D eigenvalue weighted by molar-refractivity contribution is -0.134. The third-order valence-electron chi connectivity index (χ3n) is 6.48. The number of hydrogen-bond acceptors (Lipinski definition) is 5. The molecule has 0 bridgehead atoms. The number of ketones is 1. The average molecular weight is 500 g/mol. The highest BCUT2D eigenvalue weighted by Gasteiger charge is 2.41. The maximum atomic E-state index is 13.3. The molecule has 3 aromatic rings. The number of fused-ring (bicyclic) bond motifs is 1. The Labute approximate surface area is 208 Å². The minimum absolute atomic E-state index is 0.0000768. The van der Waals surface area contributed by atoms with Crippen LogP contribution in [0.3, 0.4) is 0 Å². The number of pyridine rings is 1. The number of Topliss-reactive ketones (excluding diaryl/α,β-unsaturated/α-hetero) is 1. The molecule has 0 spiro atoms. The van der Waals surface area contributed by atoms with Crippen LogP contribution in [0.2, 0.25) is 10.0 Å². The standard InChI is InChI=1S/C26H27Cl2N3O3/c1-15(32)19-14-29-22-8-7-16(17-12-20(27)24(33)21(28)13-17)11-18(22)23(19)30-26(25(34)31(2)3)9-5-4-6-10-26/h7-8,11-14,33H,4-6,9-10H2,1-3H3,(H,29,30). The van der Waals surface area contributed by atoms with Gasteiger partial charge >= 0.3 is 0 Å². The van der Waals surface area contributed by atoms with Gasteiger partial charge in [0.1, 0.15) is 5.54 Å². The Morgan fingerprint density at radius 2 is 1.68 bits per heavy atom. The first kappa shape index (κ1) is 24.3. The molecule has 1 fully saturated rings. The molecule has 0 saturated heterocycles. The third kappa shape index (κ3) is 4.44. The Bertz CT molecular complexity index is 1260. The molecule has 178 valence electrons. The van der Waals surface area contributed by atoms with Crippen molar-refractivity contribution in [2.75, 3.05) is 19.4 Å². The zero-order chi connectivity index (χ0) is 24.6. The van der Waals surface area contributed by atoms with Crippen LogP contribution >= 0.6 is 23.2 Å². The summed E-state index contributed by atoms with van der Waals surface area (Å²) in [5.74, 6) is -0.307. The van der Waals surface area contributed by atoms with Crippen molar-refractivity contribution in [1.29, 1.82) is 0 Å². The molecule has 4 rings (SSSR count). The van der Waals surface area contributed by atoms with E-state index in [1.165, 1.54) is 6.92 Å². The summed E-state index contributed by atoms with van der Waals surface area (Å²) in [6.07, 6.45) is 5.88. The highest BCUT2D eigenvalue weighted by Crippen LogP contribution is 2.40. The molecule has 1 aliphatic rings. The Balaban J connectivity index is 1.92. The molecule has 0 unspecified atom stereocenters. The van der Waals surface area contributed by atoms with Gasteiger partial charge in [0, 0.05) is 25.7 Å². The minimum atomic E-state index is -0.790. The normalized spacial score (nSPS) is 15.2. The number of phenolic OH excluding ortho intramolecular Hbond substituents is 1. The Morgan fingerprint density at radius 1 is 1.03 bits per heavy atom. The third-order valence-corrected chi connectivity index (χ3v) is 7.06. The molecular weight excluding hydrogens is 473 g/mol. The van der Waals surface area contributed by atoms with Gasteiger partial charge in [0.25, 0.3) is 0 Å². The summed E-state index contributed by atoms with van der Waals surface area (Å²) < 4.78 is 0. The highest BCUT2D eigenvalue weighted by atomic mass is 35.5. The van der Waals surface area contributed by atoms with Gasteiger partial charge in [-0.25, -0.2) is 0 Å². The van der Waals surface area contributed by atoms with Crippen molar-refractivity contribution in [3.8, 4) is 16.9 Å². The van der Waals surface area contributed by atoms with E-state index in [1.54, 1.807) is 37.3 Å². The number of nitrogens with one attached hydrogen (secondary N) is 1. The molecular formula is C26H27Cl2N3O3. The maximum absolute atomic E-state index is 13.3. The Morgan fingerprint density at radius 3 is 2.26 bits per heavy atom. The van der Waals surface area contributed by atoms with Gasteiger partial charge in [-0.3, -0.25) is 14.6 Å². The number of anilines is 1. The zero-order valence-electron chi connectivity index (χ0n) is 19.4. The number of amides is 1. The van der Waals surface area contributed by atoms with Crippen LogP contribution in [0.25, 0.3) is 22.0 Å². The largest absolute Gasteiger partial charge is 0.505 e. The predicted molar refractivity (Wildman–Crippen MR) is 137 cm³/mol. The number of benzene rings is 2. The summed E-state index contributed by atoms with van der Waals surface area (Å²) in [6.45, 7) is 1.50. The number of aromatic hydroxyl groups is 1. The van der Waals surface area contributed by atoms with E-state index in [0.717, 1.165) is 30.2 Å². The minimum Gasteiger partial charge on any atom is -0.505 e. The summed E-state index contributed by atoms with van der Waals surface area (Å²) in [5.41, 5.74) is 2.44. The summed E-state index contributed by atoms with van der Waals surface area (Å²) in [7, 11) is 3.51. The Hall–Kier alpha value is -2.83. The van der Waals surface area contributed by atoms with Gasteiger partial charge in [-0.05, 0) is 55.2 Å². The number of carbonyl (C=O) groups excluding carboxylic acids is 2. The van der Waals surface area contributed by atoms with Crippen LogP contribution in [0.5, 0.6) is 5.75 Å². The Kier molecular flexibility index (Phi) is 6.74. The molecule has 1 aliphatic carbocycles. The monoisotopic (exact) mass is 499 g/mol. The van der Waals surface area contributed by atoms with Crippen molar-refractivity contribution in [3.05, 3.63) is 52.1 Å². The number of likely N-dealkylation sites (N-methyl/N-ethyl adjacent to an activating group) is 1. The molecule has 2 aromatic carbocycles. The van der Waals surface area contributed by atoms with Crippen molar-refractivity contribution in [1.82, 2.24) is 9.88 Å². The van der Waals surface area contributed by atoms with E-state index in [2.05, 4.69) is 10.3 Å². The first-order valence-corrected chi connectivity index (χ1v) is 12.0. The summed E-state index contributed by atoms with van der Waals surface area (Å²) in [5, 5.41) is 14.5. The van der Waals surface area contributed by atoms with E-state index in [-0.39, 0.29) is 27.5 Å². The van der Waals surface area contributed by atoms with Crippen molar-refractivity contribution in [3.63, 3.8) is 0 Å². The molecule has 1 saturated carbocycles. The molecule has 1 heterocycles. The predicted octanol–water partition coefficient (Wildman–Crippen LogP) is 6.32. The van der Waals surface area contributed by atoms with E-state index in [1.807, 2.05) is 18.2 Å². The fourth-order valence-corrected chi connectivity index (χ4v) is 5.21. The number of nitrogens with zero attached hydrogens (tertiary/aromatic N) is 2. The zero-order valence-corrected chi connectivity index (χ0v) is 20.9. The molecule has 0 radical (unpaired) electrons. The van der Waals surface area contributed by atoms with Crippen LogP contribution in [0.4, 0.5) is 5.69 Å². The SMILES string of the molecule is CC(=O)c1cnc2ccc(-c3cc(Cl)c(O)c(Cl)c3)cc2c1NC1(C(=O)N(C)C)CCCCC1. The van der Waals surface area contributed by atoms with Gasteiger partial charge in [0.15, 0.2) is 11.5 Å². The van der Waals surface area contributed by atoms with E-state index in [4.69, 9.17) is 23.2 Å². The van der Waals surface area contributed by atoms with Crippen LogP contribution in [0.1, 0.15) is 49.4 Å². The van der Waals surface area contributed by atoms with Gasteiger partial charge in [-0.2, -0.15) is 0 Å². The first-order valence-electron chi connectivity index (χ1n) is 11.2. The molecule has 2 N–H and O–H groups in total. The molecule has 34 heavy (non-hydrogen) atoms. The van der Waals surface area contributed by atoms with Crippen molar-refractivity contribution in [2.45, 2.75) is 44.6 Å². The summed E-state index contributed by atoms with van der Waals surface area (Å²) >= 11 is 12.3. The number of carbonyl (C=O) groups is 2. The molecule has 6 nitrogen and oxygen atoms in total. The number of rotatable bonds is 5. The second-order valence-electron chi connectivity index (χ2n) is 9.09. The summed E-state index contributed by atoms with van der Waals surface area (Å²) in [4.78, 5) is 32.1. The van der Waals surface area contributed by atoms with Gasteiger partial charge in [-0.1, -0.05) is 48.5 Å². The lowest BCUT2D eigenvalue weighted by atomic mass is 9.80. The number of phenols is 1. The lowest BCUT2D eigenvalue weighted by Gasteiger charge is -2.40. The van der Waals surface area contributed by atoms with E-state index < -0.39 is 5.54 Å². The topological polar surface area (TPSA) is 82.5 Å². The molecule has 1 aromatic heterocycles. The maximum Gasteiger partial charge on any atom is 0.247 e. The van der Waals surface area contributed by atoms with Gasteiger partial charge in [0.2, 0.25) is 5.91 Å². The molecule has 0 aliphatic heterocycles. The van der Waals surface area contributed by atoms with Crippen LogP contribution in [-0.4, -0.2) is 46.3 Å². The van der Waals surface area contributed by atoms with Crippen molar-refractivity contribution >= 4 is 51.5 Å². The fourth-order valence-electron chi connectivity index (χ4n) is 4.72. The van der Waals surface area contributed by atoms with E-state index >= 15 is 0 Å². The highest BCUT2D eigenvalue weighted by molar-refractivity contribution is 6.37. The quantitative estimate of drug-likeness (QED) is 0.401. The number of halogens is 2. The lowest BCUT2D eigenvalue weighted by Crippen LogP contribution is -2.53. The van der Waals surface area contributed by atoms with Crippen LogP contribution < -0.4 is 5.32 Å². The summed E-state index contributed by atoms with van der Waals surface area (Å²) in [6, 6.07) is 8.92. The van der Waals surface area contributed by atoms with Crippen LogP contribution in [-0.2, 0) is 4.79 Å². The smallest absolute Gasteiger partial charge is 0.247 e. The van der Waals surface area contributed by atoms with E-state index in [0.29, 0.717) is 35.2 Å². The molecule has 8 heteroatoms. The van der Waals surface area contributed by atoms with Gasteiger partial charge < -0.3 is 15.3 Å². The second kappa shape index (κ2) is 9.43. The average Bonchev–Trinajstić information content (AvgIpc) is 2.82. The molecule has 1 amide bonds. The second-order valence-corrected chi connectivity index (χ2v) is 9.91. The van der Waals surface area contributed by atoms with E-state index in [9.17, 15) is 14.7 Å². The van der Waals surface area contributed by atoms with Gasteiger partial charge in [-0.15, -0.1) is 0 Å². The van der Waals surface area contributed by atoms with Gasteiger partial charge in [0.05, 0.1) is 26.8 Å². The molecule has 0 atom stereocenters. The number of hydrogen-bond donors (Lipinski definition) is 2. The van der Waals surface area contributed by atoms with Crippen molar-refractivity contribution < 1.29 is 14.7 Å². The first-order chi connectivity index (χ1) is 16.1. The van der Waals surface area contributed by atoms with Crippen molar-refractivity contribution in [2.24, 2.45) is 0 Å². The number of aromatic nitrogens is 1. The fraction of sp³-hybridized carbons (Fsp3) is 0.346. The van der Waals surface area contributed by atoms with Crippen LogP contribution in [0.15, 0.2) is 36.5 Å².